The topological polar surface area (TPSA) is 94.8 Å². The monoisotopic (exact) mass is 378 g/mol. The van der Waals surface area contributed by atoms with Gasteiger partial charge in [0.15, 0.2) is 11.5 Å². The van der Waals surface area contributed by atoms with Gasteiger partial charge < -0.3 is 10.2 Å². The molecule has 0 aromatic heterocycles. The second-order valence-corrected chi connectivity index (χ2v) is 8.47. The van der Waals surface area contributed by atoms with Crippen molar-refractivity contribution in [1.29, 1.82) is 0 Å². The number of phenols is 2. The first-order chi connectivity index (χ1) is 12.2. The molecule has 2 rings (SSSR count). The Morgan fingerprint density at radius 1 is 0.923 bits per heavy atom. The molecule has 0 saturated carbocycles. The third-order valence-corrected chi connectivity index (χ3v) is 6.27. The maximum Gasteiger partial charge on any atom is 0.267 e. The molecular formula is C20H26O5S. The summed E-state index contributed by atoms with van der Waals surface area (Å²) < 4.78 is 32.9. The fraction of sp³-hybridized carbons (Fsp3) is 0.400. The molecule has 0 fully saturated rings. The van der Waals surface area contributed by atoms with E-state index in [1.165, 1.54) is 12.1 Å². The fourth-order valence-electron chi connectivity index (χ4n) is 3.32. The highest BCUT2D eigenvalue weighted by atomic mass is 32.2. The molecule has 0 aliphatic heterocycles. The molecule has 0 spiro atoms. The maximum absolute atomic E-state index is 11.7. The van der Waals surface area contributed by atoms with Crippen molar-refractivity contribution in [3.05, 3.63) is 59.7 Å². The Labute approximate surface area is 155 Å². The van der Waals surface area contributed by atoms with Gasteiger partial charge in [0, 0.05) is 0 Å². The average molecular weight is 378 g/mol. The Bertz CT molecular complexity index is 817. The normalized spacial score (nSPS) is 15.3. The summed E-state index contributed by atoms with van der Waals surface area (Å²) in [5.41, 5.74) is 1.88. The van der Waals surface area contributed by atoms with E-state index < -0.39 is 15.4 Å². The van der Waals surface area contributed by atoms with Crippen molar-refractivity contribution in [2.75, 3.05) is 0 Å². The Morgan fingerprint density at radius 2 is 1.58 bits per heavy atom. The first kappa shape index (κ1) is 20.3. The quantitative estimate of drug-likeness (QED) is 0.466. The van der Waals surface area contributed by atoms with Crippen molar-refractivity contribution >= 4 is 10.1 Å². The molecule has 2 aromatic rings. The predicted molar refractivity (Wildman–Crippen MR) is 102 cm³/mol. The molecule has 26 heavy (non-hydrogen) atoms. The van der Waals surface area contributed by atoms with Gasteiger partial charge in [-0.15, -0.1) is 0 Å². The van der Waals surface area contributed by atoms with Crippen molar-refractivity contribution in [2.24, 2.45) is 0 Å². The van der Waals surface area contributed by atoms with Crippen LogP contribution in [0.15, 0.2) is 48.5 Å². The van der Waals surface area contributed by atoms with E-state index in [-0.39, 0.29) is 29.8 Å². The van der Waals surface area contributed by atoms with Crippen LogP contribution in [0.4, 0.5) is 0 Å². The van der Waals surface area contributed by atoms with Gasteiger partial charge in [0.05, 0.1) is 5.25 Å². The molecule has 5 nitrogen and oxygen atoms in total. The molecule has 0 aliphatic carbocycles. The Kier molecular flexibility index (Phi) is 6.67. The highest BCUT2D eigenvalue weighted by Crippen LogP contribution is 2.37. The Hall–Kier alpha value is -2.05. The number of hydrogen-bond acceptors (Lipinski definition) is 4. The molecule has 0 saturated heterocycles. The van der Waals surface area contributed by atoms with Crippen LogP contribution in [0.3, 0.4) is 0 Å². The van der Waals surface area contributed by atoms with Crippen LogP contribution in [0.2, 0.25) is 0 Å². The van der Waals surface area contributed by atoms with E-state index >= 15 is 0 Å². The molecule has 3 atom stereocenters. The second-order valence-electron chi connectivity index (χ2n) is 6.77. The number of aromatic hydroxyl groups is 2. The van der Waals surface area contributed by atoms with E-state index in [9.17, 15) is 23.2 Å². The van der Waals surface area contributed by atoms with Crippen LogP contribution >= 0.6 is 0 Å². The summed E-state index contributed by atoms with van der Waals surface area (Å²) in [6.45, 7) is 3.79. The summed E-state index contributed by atoms with van der Waals surface area (Å²) in [5.74, 6) is -0.482. The minimum Gasteiger partial charge on any atom is -0.504 e. The fourth-order valence-corrected chi connectivity index (χ4v) is 4.22. The summed E-state index contributed by atoms with van der Waals surface area (Å²) in [4.78, 5) is 0. The van der Waals surface area contributed by atoms with Gasteiger partial charge in [-0.05, 0) is 54.4 Å². The van der Waals surface area contributed by atoms with Gasteiger partial charge in [-0.1, -0.05) is 50.2 Å². The van der Waals surface area contributed by atoms with Crippen LogP contribution in [-0.4, -0.2) is 28.4 Å². The summed E-state index contributed by atoms with van der Waals surface area (Å²) in [6.07, 6.45) is 1.20. The molecule has 0 bridgehead atoms. The zero-order valence-electron chi connectivity index (χ0n) is 15.0. The molecule has 0 heterocycles. The van der Waals surface area contributed by atoms with Gasteiger partial charge in [-0.3, -0.25) is 4.55 Å². The van der Waals surface area contributed by atoms with Gasteiger partial charge in [0.2, 0.25) is 0 Å². The lowest BCUT2D eigenvalue weighted by atomic mass is 9.83. The minimum atomic E-state index is -4.15. The average Bonchev–Trinajstić information content (AvgIpc) is 2.60. The SMILES string of the molecule is CCC(CC(CC(C)c1ccccc1)c1ccc(O)c(O)c1)S(=O)(=O)O. The molecule has 2 aromatic carbocycles. The number of hydrogen-bond donors (Lipinski definition) is 3. The van der Waals surface area contributed by atoms with Gasteiger partial charge in [-0.25, -0.2) is 0 Å². The summed E-state index contributed by atoms with van der Waals surface area (Å²) in [5, 5.41) is 18.5. The standard InChI is InChI=1S/C20H26O5S/c1-3-18(26(23,24)25)12-17(16-9-10-19(21)20(22)13-16)11-14(2)15-7-5-4-6-8-15/h4-10,13-14,17-18,21-22H,3,11-12H2,1-2H3,(H,23,24,25). The molecular weight excluding hydrogens is 352 g/mol. The van der Waals surface area contributed by atoms with Crippen molar-refractivity contribution in [1.82, 2.24) is 0 Å². The number of phenolic OH excluding ortho intramolecular Hbond substituents is 2. The molecule has 0 aliphatic rings. The molecule has 0 amide bonds. The van der Waals surface area contributed by atoms with Crippen LogP contribution in [-0.2, 0) is 10.1 Å². The lowest BCUT2D eigenvalue weighted by molar-refractivity contribution is 0.400. The van der Waals surface area contributed by atoms with Crippen molar-refractivity contribution < 1.29 is 23.2 Å². The van der Waals surface area contributed by atoms with E-state index in [2.05, 4.69) is 6.92 Å². The highest BCUT2D eigenvalue weighted by Gasteiger charge is 2.27. The van der Waals surface area contributed by atoms with E-state index in [1.807, 2.05) is 30.3 Å². The molecule has 6 heteroatoms. The zero-order chi connectivity index (χ0) is 19.3. The van der Waals surface area contributed by atoms with Crippen molar-refractivity contribution in [2.45, 2.75) is 50.2 Å². The van der Waals surface area contributed by atoms with Gasteiger partial charge in [0.1, 0.15) is 0 Å². The van der Waals surface area contributed by atoms with E-state index in [0.29, 0.717) is 12.8 Å². The lowest BCUT2D eigenvalue weighted by Crippen LogP contribution is -2.23. The number of rotatable bonds is 8. The largest absolute Gasteiger partial charge is 0.504 e. The summed E-state index contributed by atoms with van der Waals surface area (Å²) >= 11 is 0. The van der Waals surface area contributed by atoms with Crippen LogP contribution in [0, 0.1) is 0 Å². The van der Waals surface area contributed by atoms with Gasteiger partial charge in [-0.2, -0.15) is 8.42 Å². The van der Waals surface area contributed by atoms with Gasteiger partial charge in [0.25, 0.3) is 10.1 Å². The maximum atomic E-state index is 11.7. The van der Waals surface area contributed by atoms with Gasteiger partial charge >= 0.3 is 0 Å². The van der Waals surface area contributed by atoms with E-state index in [4.69, 9.17) is 0 Å². The molecule has 3 unspecified atom stereocenters. The first-order valence-corrected chi connectivity index (χ1v) is 10.3. The molecule has 142 valence electrons. The first-order valence-electron chi connectivity index (χ1n) is 8.75. The van der Waals surface area contributed by atoms with E-state index in [0.717, 1.165) is 11.1 Å². The van der Waals surface area contributed by atoms with Crippen LogP contribution in [0.1, 0.15) is 56.1 Å². The summed E-state index contributed by atoms with van der Waals surface area (Å²) in [6, 6.07) is 14.5. The Morgan fingerprint density at radius 3 is 2.12 bits per heavy atom. The summed E-state index contributed by atoms with van der Waals surface area (Å²) in [7, 11) is -4.15. The van der Waals surface area contributed by atoms with Crippen LogP contribution in [0.25, 0.3) is 0 Å². The smallest absolute Gasteiger partial charge is 0.267 e. The third kappa shape index (κ3) is 5.22. The Balaban J connectivity index is 2.32. The third-order valence-electron chi connectivity index (χ3n) is 4.90. The molecule has 3 N–H and O–H groups in total. The molecule has 0 radical (unpaired) electrons. The van der Waals surface area contributed by atoms with Crippen LogP contribution < -0.4 is 0 Å². The van der Waals surface area contributed by atoms with Crippen molar-refractivity contribution in [3.8, 4) is 11.5 Å². The minimum absolute atomic E-state index is 0.163. The van der Waals surface area contributed by atoms with E-state index in [1.54, 1.807) is 13.0 Å². The van der Waals surface area contributed by atoms with Crippen molar-refractivity contribution in [3.63, 3.8) is 0 Å². The number of benzene rings is 2. The zero-order valence-corrected chi connectivity index (χ0v) is 15.9. The second kappa shape index (κ2) is 8.56. The predicted octanol–water partition coefficient (Wildman–Crippen LogP) is 4.43. The lowest BCUT2D eigenvalue weighted by Gasteiger charge is -2.25. The highest BCUT2D eigenvalue weighted by molar-refractivity contribution is 7.86. The van der Waals surface area contributed by atoms with Crippen LogP contribution in [0.5, 0.6) is 11.5 Å².